The Labute approximate surface area is 111 Å². The number of anilines is 1. The zero-order valence-electron chi connectivity index (χ0n) is 10.7. The number of nitrogens with zero attached hydrogens (tertiary/aromatic N) is 3. The normalized spacial score (nSPS) is 9.89. The van der Waals surface area contributed by atoms with Crippen LogP contribution >= 0.6 is 0 Å². The first-order chi connectivity index (χ1) is 9.33. The zero-order chi connectivity index (χ0) is 13.5. The molecule has 1 aromatic heterocycles. The molecule has 0 saturated heterocycles. The molecular formula is C13H15N5O. The lowest BCUT2D eigenvalue weighted by atomic mass is 10.2. The minimum atomic E-state index is 0.612. The van der Waals surface area contributed by atoms with Gasteiger partial charge < -0.3 is 10.1 Å². The van der Waals surface area contributed by atoms with Gasteiger partial charge in [-0.05, 0) is 18.6 Å². The number of methoxy groups -OCH3 is 1. The van der Waals surface area contributed by atoms with E-state index in [4.69, 9.17) is 10.00 Å². The first-order valence-corrected chi connectivity index (χ1v) is 5.99. The number of ether oxygens (including phenoxy) is 1. The van der Waals surface area contributed by atoms with Gasteiger partial charge in [-0.2, -0.15) is 10.4 Å². The first kappa shape index (κ1) is 12.9. The quantitative estimate of drug-likeness (QED) is 0.769. The molecule has 0 radical (unpaired) electrons. The van der Waals surface area contributed by atoms with Gasteiger partial charge in [-0.25, -0.2) is 4.98 Å². The monoisotopic (exact) mass is 257 g/mol. The average Bonchev–Trinajstić information content (AvgIpc) is 2.96. The van der Waals surface area contributed by atoms with Gasteiger partial charge in [0.05, 0.1) is 18.4 Å². The second kappa shape index (κ2) is 6.40. The molecule has 2 N–H and O–H groups in total. The maximum absolute atomic E-state index is 9.03. The van der Waals surface area contributed by atoms with E-state index in [0.29, 0.717) is 5.56 Å². The van der Waals surface area contributed by atoms with Crippen LogP contribution in [-0.4, -0.2) is 28.8 Å². The van der Waals surface area contributed by atoms with Crippen molar-refractivity contribution in [1.82, 2.24) is 15.2 Å². The number of hydrogen-bond acceptors (Lipinski definition) is 5. The Morgan fingerprint density at radius 3 is 3.05 bits per heavy atom. The number of aryl methyl sites for hydroxylation is 1. The lowest BCUT2D eigenvalue weighted by molar-refractivity contribution is 0.415. The highest BCUT2D eigenvalue weighted by Crippen LogP contribution is 2.21. The van der Waals surface area contributed by atoms with E-state index in [1.807, 2.05) is 6.07 Å². The summed E-state index contributed by atoms with van der Waals surface area (Å²) in [6, 6.07) is 7.50. The summed E-state index contributed by atoms with van der Waals surface area (Å²) in [5.74, 6) is 1.60. The summed E-state index contributed by atoms with van der Waals surface area (Å²) in [6.07, 6.45) is 3.22. The summed E-state index contributed by atoms with van der Waals surface area (Å²) in [6.45, 7) is 0.753. The van der Waals surface area contributed by atoms with Gasteiger partial charge in [0.2, 0.25) is 0 Å². The highest BCUT2D eigenvalue weighted by Gasteiger charge is 2.03. The highest BCUT2D eigenvalue weighted by molar-refractivity contribution is 5.60. The van der Waals surface area contributed by atoms with E-state index in [1.54, 1.807) is 19.2 Å². The molecule has 0 unspecified atom stereocenters. The largest absolute Gasteiger partial charge is 0.497 e. The number of aromatic amines is 1. The smallest absolute Gasteiger partial charge is 0.137 e. The Balaban J connectivity index is 1.89. The molecule has 0 spiro atoms. The van der Waals surface area contributed by atoms with Gasteiger partial charge in [-0.15, -0.1) is 0 Å². The number of nitriles is 1. The molecule has 0 aliphatic heterocycles. The van der Waals surface area contributed by atoms with Gasteiger partial charge in [0.25, 0.3) is 0 Å². The number of H-pyrrole nitrogens is 1. The second-order valence-corrected chi connectivity index (χ2v) is 3.99. The molecule has 6 nitrogen and oxygen atoms in total. The van der Waals surface area contributed by atoms with Gasteiger partial charge in [-0.1, -0.05) is 0 Å². The summed E-state index contributed by atoms with van der Waals surface area (Å²) >= 11 is 0. The summed E-state index contributed by atoms with van der Waals surface area (Å²) in [7, 11) is 1.61. The molecule has 2 rings (SSSR count). The van der Waals surface area contributed by atoms with Crippen molar-refractivity contribution < 1.29 is 4.74 Å². The van der Waals surface area contributed by atoms with Crippen LogP contribution in [-0.2, 0) is 6.42 Å². The van der Waals surface area contributed by atoms with Gasteiger partial charge >= 0.3 is 0 Å². The van der Waals surface area contributed by atoms with E-state index in [1.165, 1.54) is 6.33 Å². The Hall–Kier alpha value is -2.55. The van der Waals surface area contributed by atoms with Crippen LogP contribution in [0.25, 0.3) is 0 Å². The lowest BCUT2D eigenvalue weighted by Crippen LogP contribution is -2.05. The van der Waals surface area contributed by atoms with Crippen LogP contribution in [0.4, 0.5) is 5.69 Å². The minimum Gasteiger partial charge on any atom is -0.497 e. The van der Waals surface area contributed by atoms with Crippen molar-refractivity contribution in [3.05, 3.63) is 35.9 Å². The summed E-state index contributed by atoms with van der Waals surface area (Å²) < 4.78 is 5.15. The Morgan fingerprint density at radius 1 is 1.47 bits per heavy atom. The fourth-order valence-electron chi connectivity index (χ4n) is 1.72. The molecule has 0 aliphatic carbocycles. The lowest BCUT2D eigenvalue weighted by Gasteiger charge is -2.09. The van der Waals surface area contributed by atoms with Crippen molar-refractivity contribution >= 4 is 5.69 Å². The number of nitrogens with one attached hydrogen (secondary N) is 2. The van der Waals surface area contributed by atoms with E-state index in [0.717, 1.165) is 36.6 Å². The molecule has 0 saturated carbocycles. The zero-order valence-corrected chi connectivity index (χ0v) is 10.7. The molecule has 98 valence electrons. The van der Waals surface area contributed by atoms with Crippen LogP contribution in [0.1, 0.15) is 17.8 Å². The van der Waals surface area contributed by atoms with Crippen molar-refractivity contribution in [2.45, 2.75) is 12.8 Å². The summed E-state index contributed by atoms with van der Waals surface area (Å²) in [4.78, 5) is 4.06. The van der Waals surface area contributed by atoms with E-state index in [-0.39, 0.29) is 0 Å². The molecule has 1 heterocycles. The number of aromatic nitrogens is 3. The summed E-state index contributed by atoms with van der Waals surface area (Å²) in [5.41, 5.74) is 1.40. The van der Waals surface area contributed by atoms with Crippen LogP contribution < -0.4 is 10.1 Å². The molecule has 6 heteroatoms. The predicted molar refractivity (Wildman–Crippen MR) is 70.9 cm³/mol. The third-order valence-corrected chi connectivity index (χ3v) is 2.72. The molecule has 0 amide bonds. The Kier molecular flexibility index (Phi) is 4.34. The first-order valence-electron chi connectivity index (χ1n) is 5.99. The van der Waals surface area contributed by atoms with Crippen molar-refractivity contribution in [2.24, 2.45) is 0 Å². The van der Waals surface area contributed by atoms with Gasteiger partial charge in [-0.3, -0.25) is 5.10 Å². The highest BCUT2D eigenvalue weighted by atomic mass is 16.5. The maximum atomic E-state index is 9.03. The van der Waals surface area contributed by atoms with Crippen molar-refractivity contribution in [2.75, 3.05) is 19.0 Å². The molecule has 19 heavy (non-hydrogen) atoms. The molecule has 0 bridgehead atoms. The van der Waals surface area contributed by atoms with Crippen LogP contribution in [0.15, 0.2) is 24.5 Å². The molecule has 0 fully saturated rings. The maximum Gasteiger partial charge on any atom is 0.137 e. The van der Waals surface area contributed by atoms with Crippen LogP contribution in [0, 0.1) is 11.3 Å². The predicted octanol–water partition coefficient (Wildman–Crippen LogP) is 1.73. The summed E-state index contributed by atoms with van der Waals surface area (Å²) in [5, 5.41) is 18.9. The average molecular weight is 257 g/mol. The Morgan fingerprint density at radius 2 is 2.37 bits per heavy atom. The molecule has 2 aromatic rings. The van der Waals surface area contributed by atoms with Crippen molar-refractivity contribution in [3.8, 4) is 11.8 Å². The van der Waals surface area contributed by atoms with Crippen LogP contribution in [0.2, 0.25) is 0 Å². The third-order valence-electron chi connectivity index (χ3n) is 2.72. The van der Waals surface area contributed by atoms with E-state index in [2.05, 4.69) is 26.6 Å². The van der Waals surface area contributed by atoms with Crippen LogP contribution in [0.3, 0.4) is 0 Å². The van der Waals surface area contributed by atoms with E-state index < -0.39 is 0 Å². The topological polar surface area (TPSA) is 86.6 Å². The molecule has 1 aromatic carbocycles. The van der Waals surface area contributed by atoms with Crippen molar-refractivity contribution in [3.63, 3.8) is 0 Å². The van der Waals surface area contributed by atoms with Gasteiger partial charge in [0, 0.05) is 19.0 Å². The number of rotatable bonds is 6. The Bertz CT molecular complexity index is 559. The second-order valence-electron chi connectivity index (χ2n) is 3.99. The van der Waals surface area contributed by atoms with Crippen LogP contribution in [0.5, 0.6) is 5.75 Å². The third kappa shape index (κ3) is 3.45. The van der Waals surface area contributed by atoms with Crippen molar-refractivity contribution in [1.29, 1.82) is 5.26 Å². The minimum absolute atomic E-state index is 0.612. The standard InChI is InChI=1S/C13H15N5O/c1-19-11-5-4-10(8-14)12(7-11)15-6-2-3-13-16-9-17-18-13/h4-5,7,9,15H,2-3,6H2,1H3,(H,16,17,18). The fourth-order valence-corrected chi connectivity index (χ4v) is 1.72. The van der Waals surface area contributed by atoms with Gasteiger partial charge in [0.1, 0.15) is 24.0 Å². The number of hydrogen-bond donors (Lipinski definition) is 2. The molecular weight excluding hydrogens is 242 g/mol. The fraction of sp³-hybridized carbons (Fsp3) is 0.308. The number of benzene rings is 1. The van der Waals surface area contributed by atoms with E-state index >= 15 is 0 Å². The molecule has 0 aliphatic rings. The van der Waals surface area contributed by atoms with E-state index in [9.17, 15) is 0 Å². The molecule has 0 atom stereocenters. The van der Waals surface area contributed by atoms with Gasteiger partial charge in [0.15, 0.2) is 0 Å². The SMILES string of the molecule is COc1ccc(C#N)c(NCCCc2ncn[nH]2)c1.